The highest BCUT2D eigenvalue weighted by molar-refractivity contribution is 7.99. The summed E-state index contributed by atoms with van der Waals surface area (Å²) >= 11 is 4.41. The minimum atomic E-state index is -1.33. The van der Waals surface area contributed by atoms with E-state index < -0.39 is 17.5 Å². The number of hydrogen-bond acceptors (Lipinski definition) is 13. The Morgan fingerprint density at radius 1 is 1.02 bits per heavy atom. The second-order valence-electron chi connectivity index (χ2n) is 10.7. The van der Waals surface area contributed by atoms with E-state index in [0.717, 1.165) is 21.5 Å². The maximum atomic E-state index is 12.7. The van der Waals surface area contributed by atoms with Gasteiger partial charge in [-0.2, -0.15) is 11.8 Å². The Hall–Kier alpha value is -2.46. The molecule has 0 saturated carbocycles. The van der Waals surface area contributed by atoms with Crippen molar-refractivity contribution in [1.82, 2.24) is 20.4 Å². The molecule has 0 aliphatic heterocycles. The maximum absolute atomic E-state index is 12.7. The largest absolute Gasteiger partial charge is 0.468 e. The number of Topliss-reactive ketones (excluding diaryl/α,β-unsaturated/α-hetero) is 1. The van der Waals surface area contributed by atoms with Crippen molar-refractivity contribution in [2.75, 3.05) is 28.8 Å². The highest BCUT2D eigenvalue weighted by Crippen LogP contribution is 2.24. The summed E-state index contributed by atoms with van der Waals surface area (Å²) in [6, 6.07) is 0. The number of ether oxygens (including phenoxy) is 2. The number of thioether (sulfide) groups is 1. The Morgan fingerprint density at radius 3 is 2.22 bits per heavy atom. The van der Waals surface area contributed by atoms with Gasteiger partial charge in [-0.15, -0.1) is 20.4 Å². The number of aromatic nitrogens is 4. The molecule has 0 spiro atoms. The summed E-state index contributed by atoms with van der Waals surface area (Å²) in [4.78, 5) is 38.2. The number of carbonyl (C=O) groups is 3. The van der Waals surface area contributed by atoms with Crippen LogP contribution in [0, 0.1) is 0 Å². The van der Waals surface area contributed by atoms with E-state index in [9.17, 15) is 19.5 Å². The van der Waals surface area contributed by atoms with Gasteiger partial charge in [0.1, 0.15) is 16.1 Å². The summed E-state index contributed by atoms with van der Waals surface area (Å²) in [5.74, 6) is -0.0493. The monoisotopic (exact) mass is 628 g/mol. The second kappa shape index (κ2) is 15.7. The Bertz CT molecular complexity index is 1190. The Morgan fingerprint density at radius 2 is 1.63 bits per heavy atom. The van der Waals surface area contributed by atoms with Crippen LogP contribution in [0.2, 0.25) is 0 Å². The third-order valence-corrected chi connectivity index (χ3v) is 8.03. The lowest BCUT2D eigenvalue weighted by molar-refractivity contribution is -0.149. The Balaban J connectivity index is 1.70. The van der Waals surface area contributed by atoms with Crippen LogP contribution >= 0.6 is 34.4 Å². The van der Waals surface area contributed by atoms with Gasteiger partial charge in [0.15, 0.2) is 5.78 Å². The molecular formula is C26H40N6O6S3. The van der Waals surface area contributed by atoms with Crippen LogP contribution in [0.3, 0.4) is 0 Å². The first-order valence-corrected chi connectivity index (χ1v) is 15.9. The lowest BCUT2D eigenvalue weighted by Gasteiger charge is -2.26. The summed E-state index contributed by atoms with van der Waals surface area (Å²) < 4.78 is 11.0. The zero-order chi connectivity index (χ0) is 30.8. The molecule has 0 aliphatic carbocycles. The molecule has 2 N–H and O–H groups in total. The standard InChI is InChI=1S/C26H40N6O6S3/c1-16(37-26(6,7)36)9-10-19(34)27-23-30-28-20(40-23)11-13-39-14-12-21-29-31-24(41-21)32(8)22(35)15-18(17(2)33)38-25(3,4)5/h18,36H,1,9-15H2,2-8H3,(H,27,30,34). The van der Waals surface area contributed by atoms with Gasteiger partial charge in [-0.3, -0.25) is 19.3 Å². The van der Waals surface area contributed by atoms with Gasteiger partial charge in [0, 0.05) is 46.6 Å². The molecule has 2 aromatic heterocycles. The molecule has 228 valence electrons. The summed E-state index contributed by atoms with van der Waals surface area (Å²) in [7, 11) is 1.62. The highest BCUT2D eigenvalue weighted by Gasteiger charge is 2.27. The normalized spacial score (nSPS) is 12.6. The van der Waals surface area contributed by atoms with Gasteiger partial charge in [-0.05, 0) is 39.2 Å². The smallest absolute Gasteiger partial charge is 0.231 e. The quantitative estimate of drug-likeness (QED) is 0.148. The van der Waals surface area contributed by atoms with Gasteiger partial charge in [0.05, 0.1) is 17.8 Å². The fraction of sp³-hybridized carbons (Fsp3) is 0.654. The van der Waals surface area contributed by atoms with Crippen molar-refractivity contribution in [3.8, 4) is 0 Å². The van der Waals surface area contributed by atoms with E-state index in [-0.39, 0.29) is 36.9 Å². The summed E-state index contributed by atoms with van der Waals surface area (Å²) in [5, 5.41) is 31.4. The number of rotatable bonds is 17. The minimum absolute atomic E-state index is 0.0568. The molecule has 2 heterocycles. The molecule has 2 aromatic rings. The molecular weight excluding hydrogens is 589 g/mol. The summed E-state index contributed by atoms with van der Waals surface area (Å²) in [6.07, 6.45) is 0.988. The van der Waals surface area contributed by atoms with Gasteiger partial charge in [0.2, 0.25) is 27.9 Å². The Labute approximate surface area is 253 Å². The van der Waals surface area contributed by atoms with Crippen molar-refractivity contribution in [2.45, 2.75) is 91.1 Å². The average Bonchev–Trinajstić information content (AvgIpc) is 3.49. The molecule has 0 aliphatic rings. The first-order valence-electron chi connectivity index (χ1n) is 13.1. The van der Waals surface area contributed by atoms with Gasteiger partial charge in [-0.1, -0.05) is 29.3 Å². The predicted molar refractivity (Wildman–Crippen MR) is 162 cm³/mol. The van der Waals surface area contributed by atoms with Crippen LogP contribution < -0.4 is 10.2 Å². The van der Waals surface area contributed by atoms with Crippen molar-refractivity contribution in [2.24, 2.45) is 0 Å². The molecule has 1 atom stereocenters. The molecule has 0 fully saturated rings. The van der Waals surface area contributed by atoms with Crippen molar-refractivity contribution in [1.29, 1.82) is 0 Å². The van der Waals surface area contributed by atoms with E-state index in [1.54, 1.807) is 18.8 Å². The third-order valence-electron chi connectivity index (χ3n) is 5.09. The number of ketones is 1. The molecule has 0 aromatic carbocycles. The van der Waals surface area contributed by atoms with Crippen LogP contribution in [-0.2, 0) is 36.7 Å². The van der Waals surface area contributed by atoms with Gasteiger partial charge < -0.3 is 19.9 Å². The zero-order valence-corrected chi connectivity index (χ0v) is 27.1. The molecule has 12 nitrogen and oxygen atoms in total. The van der Waals surface area contributed by atoms with Crippen LogP contribution in [0.1, 0.15) is 70.8 Å². The number of amides is 2. The summed E-state index contributed by atoms with van der Waals surface area (Å²) in [5.41, 5.74) is -0.539. The highest BCUT2D eigenvalue weighted by atomic mass is 32.2. The maximum Gasteiger partial charge on any atom is 0.231 e. The first kappa shape index (κ1) is 34.7. The fourth-order valence-corrected chi connectivity index (χ4v) is 5.95. The minimum Gasteiger partial charge on any atom is -0.468 e. The third kappa shape index (κ3) is 13.8. The van der Waals surface area contributed by atoms with E-state index in [1.807, 2.05) is 20.8 Å². The van der Waals surface area contributed by atoms with E-state index in [2.05, 4.69) is 32.3 Å². The molecule has 15 heteroatoms. The molecule has 0 saturated heterocycles. The first-order chi connectivity index (χ1) is 19.0. The number of nitrogens with zero attached hydrogens (tertiary/aromatic N) is 5. The number of nitrogens with one attached hydrogen (secondary N) is 1. The van der Waals surface area contributed by atoms with Gasteiger partial charge in [0.25, 0.3) is 0 Å². The van der Waals surface area contributed by atoms with E-state index in [4.69, 9.17) is 9.47 Å². The zero-order valence-electron chi connectivity index (χ0n) is 24.7. The van der Waals surface area contributed by atoms with Crippen molar-refractivity contribution in [3.63, 3.8) is 0 Å². The molecule has 0 bridgehead atoms. The lowest BCUT2D eigenvalue weighted by atomic mass is 10.1. The van der Waals surface area contributed by atoms with Crippen LogP contribution in [0.5, 0.6) is 0 Å². The molecule has 0 radical (unpaired) electrons. The second-order valence-corrected chi connectivity index (χ2v) is 14.0. The van der Waals surface area contributed by atoms with E-state index >= 15 is 0 Å². The average molecular weight is 629 g/mol. The van der Waals surface area contributed by atoms with Crippen LogP contribution in [-0.4, -0.2) is 79.1 Å². The number of hydrogen-bond donors (Lipinski definition) is 2. The molecule has 2 rings (SSSR count). The van der Waals surface area contributed by atoms with E-state index in [0.29, 0.717) is 28.9 Å². The predicted octanol–water partition coefficient (Wildman–Crippen LogP) is 4.01. The van der Waals surface area contributed by atoms with Crippen molar-refractivity contribution < 1.29 is 29.0 Å². The number of allylic oxidation sites excluding steroid dienone is 1. The number of aliphatic hydroxyl groups is 1. The topological polar surface area (TPSA) is 157 Å². The van der Waals surface area contributed by atoms with Crippen LogP contribution in [0.4, 0.5) is 10.3 Å². The number of anilines is 2. The van der Waals surface area contributed by atoms with Crippen LogP contribution in [0.25, 0.3) is 0 Å². The van der Waals surface area contributed by atoms with Crippen molar-refractivity contribution in [3.05, 3.63) is 22.4 Å². The fourth-order valence-electron chi connectivity index (χ4n) is 3.24. The van der Waals surface area contributed by atoms with E-state index in [1.165, 1.54) is 48.3 Å². The Kier molecular flexibility index (Phi) is 13.3. The molecule has 2 amide bonds. The number of aryl methyl sites for hydroxylation is 2. The van der Waals surface area contributed by atoms with Crippen LogP contribution in [0.15, 0.2) is 12.3 Å². The lowest BCUT2D eigenvalue weighted by Crippen LogP contribution is -2.37. The summed E-state index contributed by atoms with van der Waals surface area (Å²) in [6.45, 7) is 13.6. The number of carbonyl (C=O) groups excluding carboxylic acids is 3. The molecule has 41 heavy (non-hydrogen) atoms. The van der Waals surface area contributed by atoms with Crippen molar-refractivity contribution >= 4 is 62.3 Å². The SMILES string of the molecule is C=C(CCC(=O)Nc1nnc(CCSCCc2nnc(N(C)C(=O)CC(OC(C)(C)C)C(C)=O)s2)s1)OC(C)(C)O. The molecule has 1 unspecified atom stereocenters. The van der Waals surface area contributed by atoms with Gasteiger partial charge >= 0.3 is 0 Å². The van der Waals surface area contributed by atoms with Gasteiger partial charge in [-0.25, -0.2) is 0 Å².